The third-order valence-electron chi connectivity index (χ3n) is 4.30. The third-order valence-corrected chi connectivity index (χ3v) is 4.86. The van der Waals surface area contributed by atoms with Gasteiger partial charge in [-0.25, -0.2) is 0 Å². The van der Waals surface area contributed by atoms with Gasteiger partial charge < -0.3 is 21.1 Å². The lowest BCUT2D eigenvalue weighted by Crippen LogP contribution is -2.16. The molecule has 0 bridgehead atoms. The van der Waals surface area contributed by atoms with E-state index < -0.39 is 0 Å². The molecule has 4 N–H and O–H groups in total. The van der Waals surface area contributed by atoms with Crippen LogP contribution in [-0.2, 0) is 6.54 Å². The predicted octanol–water partition coefficient (Wildman–Crippen LogP) is 4.08. The zero-order valence-electron chi connectivity index (χ0n) is 14.9. The SMILES string of the molecule is NCCOc1c(Cl)cc(C(=O)Nc2ccc(CNCC3CC3)cc2)cc1Cl. The number of nitrogens with two attached hydrogens (primary N) is 1. The Labute approximate surface area is 169 Å². The van der Waals surface area contributed by atoms with Crippen molar-refractivity contribution in [1.82, 2.24) is 5.32 Å². The molecule has 2 aromatic rings. The molecule has 1 fully saturated rings. The van der Waals surface area contributed by atoms with Gasteiger partial charge in [-0.1, -0.05) is 35.3 Å². The zero-order valence-corrected chi connectivity index (χ0v) is 16.4. The number of benzene rings is 2. The topological polar surface area (TPSA) is 76.4 Å². The van der Waals surface area contributed by atoms with Crippen molar-refractivity contribution in [2.75, 3.05) is 25.0 Å². The van der Waals surface area contributed by atoms with Gasteiger partial charge >= 0.3 is 0 Å². The van der Waals surface area contributed by atoms with Gasteiger partial charge in [0, 0.05) is 24.3 Å². The number of hydrogen-bond acceptors (Lipinski definition) is 4. The van der Waals surface area contributed by atoms with Crippen LogP contribution < -0.4 is 21.1 Å². The van der Waals surface area contributed by atoms with Crippen LogP contribution in [0.1, 0.15) is 28.8 Å². The minimum absolute atomic E-state index is 0.276. The molecule has 1 amide bonds. The van der Waals surface area contributed by atoms with Gasteiger partial charge in [-0.3, -0.25) is 4.79 Å². The Morgan fingerprint density at radius 2 is 1.81 bits per heavy atom. The largest absolute Gasteiger partial charge is 0.489 e. The molecule has 1 aliphatic carbocycles. The fraction of sp³-hybridized carbons (Fsp3) is 0.350. The summed E-state index contributed by atoms with van der Waals surface area (Å²) in [7, 11) is 0. The van der Waals surface area contributed by atoms with Gasteiger partial charge in [0.1, 0.15) is 6.61 Å². The van der Waals surface area contributed by atoms with Crippen LogP contribution in [0, 0.1) is 5.92 Å². The molecule has 0 spiro atoms. The average molecular weight is 408 g/mol. The molecule has 1 saturated carbocycles. The van der Waals surface area contributed by atoms with Crippen LogP contribution in [0.15, 0.2) is 36.4 Å². The maximum absolute atomic E-state index is 12.5. The number of hydrogen-bond donors (Lipinski definition) is 3. The molecule has 5 nitrogen and oxygen atoms in total. The van der Waals surface area contributed by atoms with E-state index in [9.17, 15) is 4.79 Å². The van der Waals surface area contributed by atoms with Crippen molar-refractivity contribution in [3.05, 3.63) is 57.6 Å². The van der Waals surface area contributed by atoms with E-state index in [2.05, 4.69) is 10.6 Å². The Morgan fingerprint density at radius 1 is 1.15 bits per heavy atom. The lowest BCUT2D eigenvalue weighted by Gasteiger charge is -2.12. The first-order valence-corrected chi connectivity index (χ1v) is 9.75. The molecule has 0 atom stereocenters. The first-order valence-electron chi connectivity index (χ1n) is 8.99. The second-order valence-corrected chi connectivity index (χ2v) is 7.45. The van der Waals surface area contributed by atoms with Gasteiger partial charge in [0.15, 0.2) is 5.75 Å². The number of rotatable bonds is 9. The summed E-state index contributed by atoms with van der Waals surface area (Å²) in [5, 5.41) is 6.85. The number of anilines is 1. The van der Waals surface area contributed by atoms with Crippen molar-refractivity contribution in [3.8, 4) is 5.75 Å². The normalized spacial score (nSPS) is 13.4. The number of nitrogens with one attached hydrogen (secondary N) is 2. The third kappa shape index (κ3) is 5.84. The smallest absolute Gasteiger partial charge is 0.255 e. The predicted molar refractivity (Wildman–Crippen MR) is 110 cm³/mol. The number of amides is 1. The van der Waals surface area contributed by atoms with E-state index in [0.29, 0.717) is 30.2 Å². The van der Waals surface area contributed by atoms with E-state index in [1.54, 1.807) is 0 Å². The summed E-state index contributed by atoms with van der Waals surface area (Å²) in [5.41, 5.74) is 7.67. The molecular weight excluding hydrogens is 385 g/mol. The summed E-state index contributed by atoms with van der Waals surface area (Å²) in [6.07, 6.45) is 2.68. The van der Waals surface area contributed by atoms with Crippen molar-refractivity contribution in [3.63, 3.8) is 0 Å². The summed E-state index contributed by atoms with van der Waals surface area (Å²) in [6, 6.07) is 10.8. The van der Waals surface area contributed by atoms with Crippen LogP contribution in [-0.4, -0.2) is 25.6 Å². The quantitative estimate of drug-likeness (QED) is 0.585. The molecule has 0 unspecified atom stereocenters. The van der Waals surface area contributed by atoms with E-state index in [1.807, 2.05) is 24.3 Å². The molecule has 144 valence electrons. The fourth-order valence-corrected chi connectivity index (χ4v) is 3.24. The van der Waals surface area contributed by atoms with E-state index in [0.717, 1.165) is 19.0 Å². The number of halogens is 2. The van der Waals surface area contributed by atoms with Crippen molar-refractivity contribution in [2.45, 2.75) is 19.4 Å². The summed E-state index contributed by atoms with van der Waals surface area (Å²) < 4.78 is 5.41. The minimum Gasteiger partial charge on any atom is -0.489 e. The van der Waals surface area contributed by atoms with E-state index in [-0.39, 0.29) is 16.0 Å². The Bertz CT molecular complexity index is 769. The number of carbonyl (C=O) groups is 1. The standard InChI is InChI=1S/C20H23Cl2N3O2/c21-17-9-15(10-18(22)19(17)27-8-7-23)20(26)25-16-5-3-14(4-6-16)12-24-11-13-1-2-13/h3-6,9-10,13,24H,1-2,7-8,11-12,23H2,(H,25,26). The Hall–Kier alpha value is -1.79. The Morgan fingerprint density at radius 3 is 2.41 bits per heavy atom. The van der Waals surface area contributed by atoms with Crippen LogP contribution in [0.5, 0.6) is 5.75 Å². The summed E-state index contributed by atoms with van der Waals surface area (Å²) in [6.45, 7) is 2.55. The number of carbonyl (C=O) groups excluding carboxylic acids is 1. The van der Waals surface area contributed by atoms with E-state index >= 15 is 0 Å². The summed E-state index contributed by atoms with van der Waals surface area (Å²) >= 11 is 12.4. The lowest BCUT2D eigenvalue weighted by molar-refractivity contribution is 0.102. The van der Waals surface area contributed by atoms with Crippen LogP contribution in [0.4, 0.5) is 5.69 Å². The molecule has 0 radical (unpaired) electrons. The molecule has 3 rings (SSSR count). The van der Waals surface area contributed by atoms with Gasteiger partial charge in [0.25, 0.3) is 5.91 Å². The second-order valence-electron chi connectivity index (χ2n) is 6.63. The average Bonchev–Trinajstić information content (AvgIpc) is 3.47. The molecule has 0 saturated heterocycles. The highest BCUT2D eigenvalue weighted by atomic mass is 35.5. The van der Waals surface area contributed by atoms with Crippen molar-refractivity contribution in [1.29, 1.82) is 0 Å². The molecule has 0 aliphatic heterocycles. The number of ether oxygens (including phenoxy) is 1. The lowest BCUT2D eigenvalue weighted by atomic mass is 10.1. The van der Waals surface area contributed by atoms with Crippen LogP contribution in [0.2, 0.25) is 10.0 Å². The Balaban J connectivity index is 1.59. The zero-order chi connectivity index (χ0) is 19.2. The highest BCUT2D eigenvalue weighted by Gasteiger charge is 2.20. The maximum atomic E-state index is 12.5. The van der Waals surface area contributed by atoms with Crippen molar-refractivity contribution in [2.24, 2.45) is 11.7 Å². The van der Waals surface area contributed by atoms with Crippen molar-refractivity contribution < 1.29 is 9.53 Å². The summed E-state index contributed by atoms with van der Waals surface area (Å²) in [4.78, 5) is 12.5. The highest BCUT2D eigenvalue weighted by Crippen LogP contribution is 2.34. The Kier molecular flexibility index (Phi) is 6.96. The van der Waals surface area contributed by atoms with Gasteiger partial charge in [-0.05, 0) is 55.1 Å². The van der Waals surface area contributed by atoms with Crippen LogP contribution in [0.25, 0.3) is 0 Å². The first kappa shape index (κ1) is 20.0. The summed E-state index contributed by atoms with van der Waals surface area (Å²) in [5.74, 6) is 0.904. The van der Waals surface area contributed by atoms with Gasteiger partial charge in [0.2, 0.25) is 0 Å². The molecule has 27 heavy (non-hydrogen) atoms. The first-order chi connectivity index (χ1) is 13.1. The fourth-order valence-electron chi connectivity index (χ4n) is 2.64. The van der Waals surface area contributed by atoms with Crippen LogP contribution in [0.3, 0.4) is 0 Å². The van der Waals surface area contributed by atoms with E-state index in [4.69, 9.17) is 33.7 Å². The van der Waals surface area contributed by atoms with Crippen molar-refractivity contribution >= 4 is 34.8 Å². The van der Waals surface area contributed by atoms with Gasteiger partial charge in [-0.15, -0.1) is 0 Å². The molecular formula is C20H23Cl2N3O2. The monoisotopic (exact) mass is 407 g/mol. The molecule has 0 aromatic heterocycles. The molecule has 0 heterocycles. The second kappa shape index (κ2) is 9.42. The van der Waals surface area contributed by atoms with Gasteiger partial charge in [0.05, 0.1) is 10.0 Å². The maximum Gasteiger partial charge on any atom is 0.255 e. The highest BCUT2D eigenvalue weighted by molar-refractivity contribution is 6.37. The van der Waals surface area contributed by atoms with Crippen LogP contribution >= 0.6 is 23.2 Å². The molecule has 2 aromatic carbocycles. The molecule has 7 heteroatoms. The van der Waals surface area contributed by atoms with E-state index in [1.165, 1.54) is 30.5 Å². The molecule has 1 aliphatic rings. The van der Waals surface area contributed by atoms with Gasteiger partial charge in [-0.2, -0.15) is 0 Å². The minimum atomic E-state index is -0.288.